The largest absolute Gasteiger partial charge is 0.507 e. The van der Waals surface area contributed by atoms with Crippen molar-refractivity contribution in [3.05, 3.63) is 58.0 Å². The van der Waals surface area contributed by atoms with Crippen LogP contribution in [-0.4, -0.2) is 36.2 Å². The molecule has 34 heavy (non-hydrogen) atoms. The Kier molecular flexibility index (Phi) is 4.75. The molecular weight excluding hydrogens is 444 g/mol. The van der Waals surface area contributed by atoms with Crippen LogP contribution in [0.3, 0.4) is 0 Å². The zero-order valence-electron chi connectivity index (χ0n) is 18.1. The second-order valence-corrected chi connectivity index (χ2v) is 8.35. The molecule has 0 radical (unpaired) electrons. The van der Waals surface area contributed by atoms with E-state index in [1.807, 2.05) is 13.8 Å². The maximum Gasteiger partial charge on any atom is 0.312 e. The highest BCUT2D eigenvalue weighted by Gasteiger charge is 2.36. The molecule has 1 aliphatic heterocycles. The fourth-order valence-electron chi connectivity index (χ4n) is 4.33. The lowest BCUT2D eigenvalue weighted by atomic mass is 9.87. The van der Waals surface area contributed by atoms with E-state index in [0.29, 0.717) is 11.3 Å². The predicted octanol–water partition coefficient (Wildman–Crippen LogP) is 3.50. The van der Waals surface area contributed by atoms with Crippen molar-refractivity contribution >= 4 is 16.9 Å². The second-order valence-electron chi connectivity index (χ2n) is 8.35. The van der Waals surface area contributed by atoms with Crippen LogP contribution in [0.1, 0.15) is 43.5 Å². The first-order valence-electron chi connectivity index (χ1n) is 10.5. The van der Waals surface area contributed by atoms with Gasteiger partial charge in [-0.05, 0) is 38.1 Å². The summed E-state index contributed by atoms with van der Waals surface area (Å²) in [7, 11) is 0. The van der Waals surface area contributed by atoms with Gasteiger partial charge in [-0.25, -0.2) is 0 Å². The molecule has 1 atom stereocenters. The number of hydrogen-bond acceptors (Lipinski definition) is 9. The molecule has 10 nitrogen and oxygen atoms in total. The van der Waals surface area contributed by atoms with E-state index in [-0.39, 0.29) is 40.5 Å². The van der Waals surface area contributed by atoms with Gasteiger partial charge in [0.1, 0.15) is 22.5 Å². The first-order chi connectivity index (χ1) is 16.2. The molecule has 0 bridgehead atoms. The van der Waals surface area contributed by atoms with E-state index < -0.39 is 40.3 Å². The summed E-state index contributed by atoms with van der Waals surface area (Å²) in [6.45, 7) is 3.86. The molecule has 4 aromatic rings. The predicted molar refractivity (Wildman–Crippen MR) is 119 cm³/mol. The molecule has 1 aliphatic rings. The molecule has 5 rings (SSSR count). The number of benzene rings is 2. The van der Waals surface area contributed by atoms with Crippen molar-refractivity contribution in [1.29, 1.82) is 0 Å². The molecule has 3 heterocycles. The van der Waals surface area contributed by atoms with Crippen LogP contribution in [0.4, 0.5) is 0 Å². The normalized spacial score (nSPS) is 15.5. The Balaban J connectivity index is 1.86. The highest BCUT2D eigenvalue weighted by molar-refractivity contribution is 5.94. The zero-order valence-corrected chi connectivity index (χ0v) is 18.1. The number of fused-ring (bicyclic) bond motifs is 3. The van der Waals surface area contributed by atoms with Gasteiger partial charge in [-0.3, -0.25) is 14.3 Å². The highest BCUT2D eigenvalue weighted by atomic mass is 16.5. The maximum atomic E-state index is 13.1. The van der Waals surface area contributed by atoms with Crippen LogP contribution < -0.4 is 10.2 Å². The van der Waals surface area contributed by atoms with Crippen LogP contribution in [0.25, 0.3) is 22.3 Å². The first-order valence-corrected chi connectivity index (χ1v) is 10.5. The number of carbonyl (C=O) groups excluding carboxylic acids is 1. The number of esters is 1. The quantitative estimate of drug-likeness (QED) is 0.202. The molecule has 0 saturated heterocycles. The molecule has 0 fully saturated rings. The average molecular weight is 464 g/mol. The Morgan fingerprint density at radius 1 is 1.03 bits per heavy atom. The molecule has 2 aromatic heterocycles. The Labute approximate surface area is 191 Å². The van der Waals surface area contributed by atoms with Crippen molar-refractivity contribution in [2.75, 3.05) is 0 Å². The van der Waals surface area contributed by atoms with E-state index in [4.69, 9.17) is 9.15 Å². The number of ether oxygens (including phenoxy) is 1. The first kappa shape index (κ1) is 21.4. The van der Waals surface area contributed by atoms with Gasteiger partial charge < -0.3 is 29.6 Å². The van der Waals surface area contributed by atoms with Gasteiger partial charge in [-0.15, -0.1) is 0 Å². The van der Waals surface area contributed by atoms with Gasteiger partial charge in [-0.1, -0.05) is 0 Å². The van der Waals surface area contributed by atoms with E-state index in [1.165, 1.54) is 12.1 Å². The lowest BCUT2D eigenvalue weighted by molar-refractivity contribution is -0.135. The molecule has 0 unspecified atom stereocenters. The number of aromatic nitrogens is 2. The summed E-state index contributed by atoms with van der Waals surface area (Å²) in [6.07, 6.45) is 1.54. The number of rotatable bonds is 3. The Bertz CT molecular complexity index is 1530. The minimum Gasteiger partial charge on any atom is -0.507 e. The van der Waals surface area contributed by atoms with Crippen molar-refractivity contribution in [2.24, 2.45) is 0 Å². The number of carbonyl (C=O) groups is 1. The van der Waals surface area contributed by atoms with E-state index in [9.17, 15) is 30.0 Å². The van der Waals surface area contributed by atoms with E-state index in [2.05, 4.69) is 5.10 Å². The van der Waals surface area contributed by atoms with Crippen LogP contribution in [0.15, 0.2) is 45.7 Å². The van der Waals surface area contributed by atoms with Crippen molar-refractivity contribution in [1.82, 2.24) is 9.78 Å². The molecule has 10 heteroatoms. The summed E-state index contributed by atoms with van der Waals surface area (Å²) < 4.78 is 13.1. The van der Waals surface area contributed by atoms with Gasteiger partial charge in [0, 0.05) is 41.0 Å². The van der Waals surface area contributed by atoms with E-state index in [1.54, 1.807) is 16.9 Å². The number of hydrogen-bond donors (Lipinski definition) is 4. The summed E-state index contributed by atoms with van der Waals surface area (Å²) in [4.78, 5) is 25.5. The van der Waals surface area contributed by atoms with Crippen LogP contribution in [0.2, 0.25) is 0 Å². The van der Waals surface area contributed by atoms with Gasteiger partial charge in [-0.2, -0.15) is 5.10 Å². The van der Waals surface area contributed by atoms with Crippen molar-refractivity contribution in [2.45, 2.75) is 32.2 Å². The fraction of sp³-hybridized carbons (Fsp3) is 0.208. The SMILES string of the molecule is CC(C)n1nccc1[C@@H]1CC(=O)Oc2cc(O)c3c(=O)c(O)c(-c4ccc(O)c(O)c4)oc3c21. The molecule has 0 saturated carbocycles. The van der Waals surface area contributed by atoms with Crippen molar-refractivity contribution < 1.29 is 34.4 Å². The minimum atomic E-state index is -0.905. The maximum absolute atomic E-state index is 13.1. The van der Waals surface area contributed by atoms with Gasteiger partial charge in [0.25, 0.3) is 0 Å². The lowest BCUT2D eigenvalue weighted by Gasteiger charge is -2.27. The lowest BCUT2D eigenvalue weighted by Crippen LogP contribution is -2.24. The molecular formula is C24H20N2O8. The van der Waals surface area contributed by atoms with Crippen LogP contribution in [0, 0.1) is 0 Å². The molecule has 0 amide bonds. The molecule has 4 N–H and O–H groups in total. The molecule has 2 aromatic carbocycles. The van der Waals surface area contributed by atoms with Crippen molar-refractivity contribution in [3.8, 4) is 40.1 Å². The van der Waals surface area contributed by atoms with Gasteiger partial charge in [0.05, 0.1) is 6.42 Å². The third-order valence-electron chi connectivity index (χ3n) is 5.85. The standard InChI is InChI=1S/C24H20N2O8/c1-10(2)26-13(5-6-25-26)12-8-18(30)33-17-9-16(29)20-21(31)22(32)23(34-24(20)19(12)17)11-3-4-14(27)15(28)7-11/h3-7,9-10,12,27-29,32H,8H2,1-2H3/t12-/m0/s1. The average Bonchev–Trinajstić information content (AvgIpc) is 3.27. The van der Waals surface area contributed by atoms with Gasteiger partial charge >= 0.3 is 5.97 Å². The third kappa shape index (κ3) is 3.14. The van der Waals surface area contributed by atoms with E-state index in [0.717, 1.165) is 12.1 Å². The Morgan fingerprint density at radius 3 is 2.50 bits per heavy atom. The van der Waals surface area contributed by atoms with Crippen LogP contribution >= 0.6 is 0 Å². The summed E-state index contributed by atoms with van der Waals surface area (Å²) in [5, 5.41) is 44.7. The van der Waals surface area contributed by atoms with E-state index >= 15 is 0 Å². The van der Waals surface area contributed by atoms with Crippen LogP contribution in [-0.2, 0) is 4.79 Å². The molecule has 174 valence electrons. The third-order valence-corrected chi connectivity index (χ3v) is 5.85. The smallest absolute Gasteiger partial charge is 0.312 e. The Morgan fingerprint density at radius 2 is 1.79 bits per heavy atom. The monoisotopic (exact) mass is 464 g/mol. The summed E-state index contributed by atoms with van der Waals surface area (Å²) in [5.74, 6) is -3.59. The highest BCUT2D eigenvalue weighted by Crippen LogP contribution is 2.47. The number of aromatic hydroxyl groups is 4. The zero-order chi connectivity index (χ0) is 24.3. The summed E-state index contributed by atoms with van der Waals surface area (Å²) >= 11 is 0. The Hall–Kier alpha value is -4.47. The summed E-state index contributed by atoms with van der Waals surface area (Å²) in [5.41, 5.74) is 0.155. The fourth-order valence-corrected chi connectivity index (χ4v) is 4.33. The molecule has 0 spiro atoms. The number of nitrogens with zero attached hydrogens (tertiary/aromatic N) is 2. The van der Waals surface area contributed by atoms with Crippen molar-refractivity contribution in [3.63, 3.8) is 0 Å². The minimum absolute atomic E-state index is 0.0242. The topological polar surface area (TPSA) is 155 Å². The van der Waals surface area contributed by atoms with Crippen LogP contribution in [0.5, 0.6) is 28.7 Å². The van der Waals surface area contributed by atoms with Gasteiger partial charge in [0.15, 0.2) is 17.3 Å². The number of phenols is 3. The summed E-state index contributed by atoms with van der Waals surface area (Å²) in [6, 6.07) is 6.53. The second kappa shape index (κ2) is 7.55. The number of phenolic OH excluding ortho intramolecular Hbond substituents is 3. The molecule has 0 aliphatic carbocycles. The van der Waals surface area contributed by atoms with Gasteiger partial charge in [0.2, 0.25) is 11.2 Å².